The Kier molecular flexibility index (Phi) is 3.26. The molecule has 0 aliphatic carbocycles. The molecule has 0 bridgehead atoms. The van der Waals surface area contributed by atoms with Gasteiger partial charge in [-0.25, -0.2) is 0 Å². The van der Waals surface area contributed by atoms with E-state index in [9.17, 15) is 4.79 Å². The summed E-state index contributed by atoms with van der Waals surface area (Å²) < 4.78 is 5.23. The van der Waals surface area contributed by atoms with E-state index in [0.717, 1.165) is 0 Å². The number of carbonyl (C=O) groups excluding carboxylic acids is 1. The number of para-hydroxylation sites is 1. The first-order valence-electron chi connectivity index (χ1n) is 5.26. The molecule has 17 heavy (non-hydrogen) atoms. The predicted octanol–water partition coefficient (Wildman–Crippen LogP) is 2.33. The Labute approximate surface area is 105 Å². The van der Waals surface area contributed by atoms with E-state index in [1.807, 2.05) is 0 Å². The molecule has 0 aromatic heterocycles. The molecule has 2 rings (SSSR count). The zero-order chi connectivity index (χ0) is 12.4. The van der Waals surface area contributed by atoms with Gasteiger partial charge in [-0.3, -0.25) is 4.79 Å². The van der Waals surface area contributed by atoms with Gasteiger partial charge in [0.25, 0.3) is 0 Å². The highest BCUT2D eigenvalue weighted by Gasteiger charge is 2.32. The molecule has 1 aromatic carbocycles. The first-order valence-corrected chi connectivity index (χ1v) is 5.64. The van der Waals surface area contributed by atoms with Gasteiger partial charge in [0.15, 0.2) is 0 Å². The van der Waals surface area contributed by atoms with E-state index in [0.29, 0.717) is 29.4 Å². The number of carbonyl (C=O) groups is 1. The summed E-state index contributed by atoms with van der Waals surface area (Å²) in [6.07, 6.45) is 5.72. The highest BCUT2D eigenvalue weighted by Crippen LogP contribution is 2.38. The van der Waals surface area contributed by atoms with Gasteiger partial charge in [-0.2, -0.15) is 0 Å². The maximum atomic E-state index is 11.9. The molecule has 1 saturated heterocycles. The van der Waals surface area contributed by atoms with Crippen molar-refractivity contribution in [1.29, 1.82) is 0 Å². The van der Waals surface area contributed by atoms with Crippen LogP contribution in [0.5, 0.6) is 5.75 Å². The number of benzene rings is 1. The van der Waals surface area contributed by atoms with Gasteiger partial charge in [0.2, 0.25) is 5.91 Å². The molecule has 3 nitrogen and oxygen atoms in total. The lowest BCUT2D eigenvalue weighted by Crippen LogP contribution is -2.25. The van der Waals surface area contributed by atoms with Gasteiger partial charge in [-0.05, 0) is 12.1 Å². The maximum absolute atomic E-state index is 11.9. The third-order valence-electron chi connectivity index (χ3n) is 2.80. The number of halogens is 1. The first-order chi connectivity index (χ1) is 8.17. The van der Waals surface area contributed by atoms with Crippen molar-refractivity contribution in [2.24, 2.45) is 5.92 Å². The lowest BCUT2D eigenvalue weighted by atomic mass is 10.1. The molecule has 1 unspecified atom stereocenters. The molecule has 1 heterocycles. The van der Waals surface area contributed by atoms with E-state index in [-0.39, 0.29) is 11.8 Å². The number of hydrogen-bond donors (Lipinski definition) is 0. The Morgan fingerprint density at radius 3 is 2.94 bits per heavy atom. The minimum atomic E-state index is -0.0523. The van der Waals surface area contributed by atoms with Crippen molar-refractivity contribution in [2.75, 3.05) is 18.6 Å². The molecule has 1 atom stereocenters. The van der Waals surface area contributed by atoms with Crippen LogP contribution in [0.15, 0.2) is 18.2 Å². The highest BCUT2D eigenvalue weighted by atomic mass is 35.5. The summed E-state index contributed by atoms with van der Waals surface area (Å²) in [5, 5.41) is 0.496. The monoisotopic (exact) mass is 249 g/mol. The highest BCUT2D eigenvalue weighted by molar-refractivity contribution is 6.34. The van der Waals surface area contributed by atoms with Crippen LogP contribution in [0.4, 0.5) is 5.69 Å². The first kappa shape index (κ1) is 11.8. The summed E-state index contributed by atoms with van der Waals surface area (Å²) in [7, 11) is 1.55. The van der Waals surface area contributed by atoms with E-state index in [2.05, 4.69) is 5.92 Å². The molecule has 1 aromatic rings. The molecular formula is C13H12ClNO2. The van der Waals surface area contributed by atoms with E-state index >= 15 is 0 Å². The Hall–Kier alpha value is -1.66. The average Bonchev–Trinajstić information content (AvgIpc) is 2.70. The average molecular weight is 250 g/mol. The third-order valence-corrected chi connectivity index (χ3v) is 3.11. The van der Waals surface area contributed by atoms with Gasteiger partial charge in [0.1, 0.15) is 11.4 Å². The predicted molar refractivity (Wildman–Crippen MR) is 67.3 cm³/mol. The Bertz CT molecular complexity index is 493. The lowest BCUT2D eigenvalue weighted by Gasteiger charge is -2.20. The van der Waals surface area contributed by atoms with Crippen molar-refractivity contribution in [3.8, 4) is 18.1 Å². The molecule has 1 aliphatic rings. The zero-order valence-electron chi connectivity index (χ0n) is 9.44. The molecule has 4 heteroatoms. The summed E-state index contributed by atoms with van der Waals surface area (Å²) >= 11 is 6.12. The molecule has 1 amide bonds. The second-order valence-corrected chi connectivity index (χ2v) is 4.27. The van der Waals surface area contributed by atoms with Gasteiger partial charge >= 0.3 is 0 Å². The van der Waals surface area contributed by atoms with Crippen molar-refractivity contribution in [3.63, 3.8) is 0 Å². The van der Waals surface area contributed by atoms with Gasteiger partial charge < -0.3 is 9.64 Å². The number of terminal acetylenes is 1. The summed E-state index contributed by atoms with van der Waals surface area (Å²) in [5.41, 5.74) is 0.611. The Morgan fingerprint density at radius 2 is 2.35 bits per heavy atom. The van der Waals surface area contributed by atoms with E-state index in [1.54, 1.807) is 30.2 Å². The maximum Gasteiger partial charge on any atom is 0.228 e. The summed E-state index contributed by atoms with van der Waals surface area (Å²) in [6, 6.07) is 5.29. The lowest BCUT2D eigenvalue weighted by molar-refractivity contribution is -0.117. The van der Waals surface area contributed by atoms with Crippen molar-refractivity contribution >= 4 is 23.2 Å². The number of hydrogen-bond acceptors (Lipinski definition) is 2. The zero-order valence-corrected chi connectivity index (χ0v) is 10.2. The molecule has 0 radical (unpaired) electrons. The van der Waals surface area contributed by atoms with Crippen LogP contribution in [0.3, 0.4) is 0 Å². The van der Waals surface area contributed by atoms with E-state index < -0.39 is 0 Å². The van der Waals surface area contributed by atoms with Crippen LogP contribution in [0.1, 0.15) is 6.42 Å². The molecule has 0 N–H and O–H groups in total. The van der Waals surface area contributed by atoms with Crippen LogP contribution < -0.4 is 9.64 Å². The van der Waals surface area contributed by atoms with Crippen molar-refractivity contribution in [2.45, 2.75) is 6.42 Å². The minimum absolute atomic E-state index is 0.0145. The van der Waals surface area contributed by atoms with E-state index in [4.69, 9.17) is 22.8 Å². The Morgan fingerprint density at radius 1 is 1.59 bits per heavy atom. The number of rotatable bonds is 2. The van der Waals surface area contributed by atoms with Crippen LogP contribution in [0, 0.1) is 18.3 Å². The molecule has 1 aliphatic heterocycles. The smallest absolute Gasteiger partial charge is 0.228 e. The summed E-state index contributed by atoms with van der Waals surface area (Å²) in [6.45, 7) is 0.495. The van der Waals surface area contributed by atoms with Crippen LogP contribution in [-0.4, -0.2) is 19.6 Å². The van der Waals surface area contributed by atoms with Crippen LogP contribution in [-0.2, 0) is 4.79 Å². The van der Waals surface area contributed by atoms with Gasteiger partial charge in [-0.1, -0.05) is 17.7 Å². The van der Waals surface area contributed by atoms with Crippen molar-refractivity contribution < 1.29 is 9.53 Å². The SMILES string of the molecule is C#CC1CC(=O)N(c2c(Cl)cccc2OC)C1. The normalized spacial score (nSPS) is 19.2. The van der Waals surface area contributed by atoms with Gasteiger partial charge in [0, 0.05) is 18.9 Å². The standard InChI is InChI=1S/C13H12ClNO2/c1-3-9-7-12(16)15(8-9)13-10(14)5-4-6-11(13)17-2/h1,4-6,9H,7-8H2,2H3. The molecule has 0 spiro atoms. The van der Waals surface area contributed by atoms with Crippen LogP contribution >= 0.6 is 11.6 Å². The molecule has 88 valence electrons. The molecule has 0 saturated carbocycles. The second-order valence-electron chi connectivity index (χ2n) is 3.86. The fourth-order valence-corrected chi connectivity index (χ4v) is 2.23. The summed E-state index contributed by atoms with van der Waals surface area (Å²) in [4.78, 5) is 13.5. The molecule has 1 fully saturated rings. The van der Waals surface area contributed by atoms with Gasteiger partial charge in [0.05, 0.1) is 12.1 Å². The number of anilines is 1. The topological polar surface area (TPSA) is 29.5 Å². The van der Waals surface area contributed by atoms with Crippen molar-refractivity contribution in [1.82, 2.24) is 0 Å². The Balaban J connectivity index is 2.41. The largest absolute Gasteiger partial charge is 0.495 e. The second kappa shape index (κ2) is 4.68. The fraction of sp³-hybridized carbons (Fsp3) is 0.308. The van der Waals surface area contributed by atoms with Crippen LogP contribution in [0.25, 0.3) is 0 Å². The number of ether oxygens (including phenoxy) is 1. The van der Waals surface area contributed by atoms with Crippen molar-refractivity contribution in [3.05, 3.63) is 23.2 Å². The van der Waals surface area contributed by atoms with Gasteiger partial charge in [-0.15, -0.1) is 12.3 Å². The third kappa shape index (κ3) is 2.09. The minimum Gasteiger partial charge on any atom is -0.495 e. The van der Waals surface area contributed by atoms with Crippen LogP contribution in [0.2, 0.25) is 5.02 Å². The fourth-order valence-electron chi connectivity index (χ4n) is 1.96. The number of methoxy groups -OCH3 is 1. The van der Waals surface area contributed by atoms with E-state index in [1.165, 1.54) is 0 Å². The summed E-state index contributed by atoms with van der Waals surface area (Å²) in [5.74, 6) is 3.12. The number of nitrogens with zero attached hydrogens (tertiary/aromatic N) is 1. The quantitative estimate of drug-likeness (QED) is 0.753. The molecular weight excluding hydrogens is 238 g/mol. The number of amides is 1.